The topological polar surface area (TPSA) is 83.6 Å². The number of hydrogen-bond donors (Lipinski definition) is 1. The van der Waals surface area contributed by atoms with Gasteiger partial charge in [-0.1, -0.05) is 30.3 Å². The van der Waals surface area contributed by atoms with Crippen LogP contribution in [0.3, 0.4) is 0 Å². The zero-order valence-electron chi connectivity index (χ0n) is 14.7. The Kier molecular flexibility index (Phi) is 5.98. The van der Waals surface area contributed by atoms with Crippen LogP contribution in [0.2, 0.25) is 0 Å². The maximum atomic E-state index is 12.6. The van der Waals surface area contributed by atoms with E-state index in [9.17, 15) is 9.59 Å². The van der Waals surface area contributed by atoms with E-state index in [0.717, 1.165) is 22.8 Å². The maximum absolute atomic E-state index is 12.6. The van der Waals surface area contributed by atoms with Crippen LogP contribution in [0.1, 0.15) is 24.4 Å². The molecule has 2 heterocycles. The molecule has 0 saturated carbocycles. The van der Waals surface area contributed by atoms with E-state index >= 15 is 0 Å². The lowest BCUT2D eigenvalue weighted by Gasteiger charge is -2.34. The third-order valence-electron chi connectivity index (χ3n) is 4.39. The van der Waals surface area contributed by atoms with Crippen LogP contribution >= 0.6 is 11.8 Å². The average Bonchev–Trinajstić information content (AvgIpc) is 3.01. The molecule has 3 rings (SSSR count). The molecule has 138 valence electrons. The van der Waals surface area contributed by atoms with Gasteiger partial charge in [0.1, 0.15) is 0 Å². The highest BCUT2D eigenvalue weighted by Gasteiger charge is 2.28. The number of aliphatic carboxylic acids is 1. The van der Waals surface area contributed by atoms with E-state index in [1.165, 1.54) is 0 Å². The molecule has 1 fully saturated rings. The monoisotopic (exact) mass is 374 g/mol. The number of thioether (sulfide) groups is 1. The van der Waals surface area contributed by atoms with Gasteiger partial charge in [0.15, 0.2) is 11.7 Å². The summed E-state index contributed by atoms with van der Waals surface area (Å²) in [6.07, 6.45) is 0.680. The molecular formula is C19H22N2O4S. The summed E-state index contributed by atoms with van der Waals surface area (Å²) >= 11 is 1.70. The number of hydrogen-bond acceptors (Lipinski definition) is 5. The summed E-state index contributed by atoms with van der Waals surface area (Å²) in [7, 11) is 0. The number of benzene rings is 1. The molecule has 1 aromatic heterocycles. The number of carbonyl (C=O) groups is 2. The van der Waals surface area contributed by atoms with Crippen molar-refractivity contribution in [3.05, 3.63) is 41.9 Å². The van der Waals surface area contributed by atoms with Gasteiger partial charge >= 0.3 is 5.97 Å². The Hall–Kier alpha value is -2.28. The minimum Gasteiger partial charge on any atom is -0.481 e. The van der Waals surface area contributed by atoms with Crippen LogP contribution in [0.5, 0.6) is 0 Å². The minimum absolute atomic E-state index is 0.00495. The molecule has 1 unspecified atom stereocenters. The van der Waals surface area contributed by atoms with Gasteiger partial charge in [0, 0.05) is 36.5 Å². The lowest BCUT2D eigenvalue weighted by atomic mass is 10.1. The highest BCUT2D eigenvalue weighted by Crippen LogP contribution is 2.25. The molecule has 0 radical (unpaired) electrons. The van der Waals surface area contributed by atoms with Gasteiger partial charge in [-0.25, -0.2) is 4.98 Å². The number of aryl methyl sites for hydroxylation is 2. The van der Waals surface area contributed by atoms with Gasteiger partial charge in [-0.15, -0.1) is 0 Å². The average molecular weight is 374 g/mol. The largest absolute Gasteiger partial charge is 0.481 e. The Morgan fingerprint density at radius 3 is 2.85 bits per heavy atom. The highest BCUT2D eigenvalue weighted by atomic mass is 32.2. The van der Waals surface area contributed by atoms with Crippen LogP contribution in [0.15, 0.2) is 34.7 Å². The molecule has 1 N–H and O–H groups in total. The predicted molar refractivity (Wildman–Crippen MR) is 100 cm³/mol. The zero-order valence-corrected chi connectivity index (χ0v) is 15.5. The van der Waals surface area contributed by atoms with Crippen LogP contribution < -0.4 is 0 Å². The number of aromatic nitrogens is 1. The summed E-state index contributed by atoms with van der Waals surface area (Å²) in [5, 5.41) is 9.04. The van der Waals surface area contributed by atoms with Crippen LogP contribution in [0.4, 0.5) is 0 Å². The molecular weight excluding hydrogens is 352 g/mol. The number of oxazole rings is 1. The third-order valence-corrected chi connectivity index (χ3v) is 5.48. The molecule has 1 atom stereocenters. The molecule has 1 aliphatic rings. The number of amides is 1. The van der Waals surface area contributed by atoms with Crippen molar-refractivity contribution < 1.29 is 19.1 Å². The predicted octanol–water partition coefficient (Wildman–Crippen LogP) is 3.00. The lowest BCUT2D eigenvalue weighted by molar-refractivity contribution is -0.140. The summed E-state index contributed by atoms with van der Waals surface area (Å²) in [5.74, 6) is 1.88. The van der Waals surface area contributed by atoms with Crippen LogP contribution in [0.25, 0.3) is 11.3 Å². The second-order valence-corrected chi connectivity index (χ2v) is 7.45. The van der Waals surface area contributed by atoms with Crippen LogP contribution in [-0.4, -0.2) is 51.0 Å². The van der Waals surface area contributed by atoms with Gasteiger partial charge in [-0.3, -0.25) is 9.59 Å². The Labute approximate surface area is 156 Å². The van der Waals surface area contributed by atoms with Crippen molar-refractivity contribution in [2.75, 3.05) is 18.1 Å². The first-order chi connectivity index (χ1) is 12.5. The number of carboxylic acid groups (broad SMARTS) is 1. The van der Waals surface area contributed by atoms with Crippen molar-refractivity contribution >= 4 is 23.6 Å². The molecule has 1 aromatic carbocycles. The molecule has 2 aromatic rings. The molecule has 0 spiro atoms. The van der Waals surface area contributed by atoms with E-state index in [1.807, 2.05) is 37.3 Å². The SMILES string of the molecule is Cc1nc(CCC(=O)N2CCSCC2CC(=O)O)oc1-c1ccccc1. The summed E-state index contributed by atoms with van der Waals surface area (Å²) in [5.41, 5.74) is 1.77. The van der Waals surface area contributed by atoms with Crippen LogP contribution in [-0.2, 0) is 16.0 Å². The van der Waals surface area contributed by atoms with Gasteiger partial charge < -0.3 is 14.4 Å². The van der Waals surface area contributed by atoms with E-state index in [4.69, 9.17) is 9.52 Å². The van der Waals surface area contributed by atoms with Gasteiger partial charge in [0.05, 0.1) is 18.2 Å². The third kappa shape index (κ3) is 4.46. The molecule has 1 aliphatic heterocycles. The summed E-state index contributed by atoms with van der Waals surface area (Å²) in [4.78, 5) is 29.7. The van der Waals surface area contributed by atoms with Crippen molar-refractivity contribution in [2.45, 2.75) is 32.2 Å². The minimum atomic E-state index is -0.869. The Balaban J connectivity index is 1.63. The molecule has 0 bridgehead atoms. The Bertz CT molecular complexity index is 775. The highest BCUT2D eigenvalue weighted by molar-refractivity contribution is 7.99. The van der Waals surface area contributed by atoms with Gasteiger partial charge in [0.2, 0.25) is 5.91 Å². The van der Waals surface area contributed by atoms with Gasteiger partial charge in [0.25, 0.3) is 0 Å². The number of rotatable bonds is 6. The fourth-order valence-corrected chi connectivity index (χ4v) is 4.19. The first-order valence-electron chi connectivity index (χ1n) is 8.65. The van der Waals surface area contributed by atoms with Crippen molar-refractivity contribution in [3.63, 3.8) is 0 Å². The number of nitrogens with zero attached hydrogens (tertiary/aromatic N) is 2. The Morgan fingerprint density at radius 2 is 2.12 bits per heavy atom. The molecule has 1 saturated heterocycles. The van der Waals surface area contributed by atoms with E-state index in [0.29, 0.717) is 24.6 Å². The Morgan fingerprint density at radius 1 is 1.35 bits per heavy atom. The van der Waals surface area contributed by atoms with E-state index < -0.39 is 5.97 Å². The fraction of sp³-hybridized carbons (Fsp3) is 0.421. The van der Waals surface area contributed by atoms with Crippen molar-refractivity contribution in [1.82, 2.24) is 9.88 Å². The molecule has 1 amide bonds. The first kappa shape index (κ1) is 18.5. The van der Waals surface area contributed by atoms with E-state index in [2.05, 4.69) is 4.98 Å². The normalized spacial score (nSPS) is 17.3. The number of carboxylic acids is 1. The summed E-state index contributed by atoms with van der Waals surface area (Å²) in [6, 6.07) is 9.52. The molecule has 0 aliphatic carbocycles. The van der Waals surface area contributed by atoms with Crippen molar-refractivity contribution in [2.24, 2.45) is 0 Å². The van der Waals surface area contributed by atoms with Crippen LogP contribution in [0, 0.1) is 6.92 Å². The molecule has 7 heteroatoms. The molecule has 6 nitrogen and oxygen atoms in total. The second kappa shape index (κ2) is 8.40. The zero-order chi connectivity index (χ0) is 18.5. The van der Waals surface area contributed by atoms with Crippen molar-refractivity contribution in [3.8, 4) is 11.3 Å². The van der Waals surface area contributed by atoms with E-state index in [1.54, 1.807) is 16.7 Å². The van der Waals surface area contributed by atoms with Gasteiger partial charge in [-0.05, 0) is 6.92 Å². The van der Waals surface area contributed by atoms with Crippen molar-refractivity contribution in [1.29, 1.82) is 0 Å². The smallest absolute Gasteiger partial charge is 0.305 e. The molecule has 26 heavy (non-hydrogen) atoms. The summed E-state index contributed by atoms with van der Waals surface area (Å²) in [6.45, 7) is 2.49. The van der Waals surface area contributed by atoms with Gasteiger partial charge in [-0.2, -0.15) is 11.8 Å². The second-order valence-electron chi connectivity index (χ2n) is 6.30. The van der Waals surface area contributed by atoms with E-state index in [-0.39, 0.29) is 24.8 Å². The first-order valence-corrected chi connectivity index (χ1v) is 9.81. The standard InChI is InChI=1S/C19H22N2O4S/c1-13-19(14-5-3-2-4-6-14)25-16(20-13)7-8-17(22)21-9-10-26-12-15(21)11-18(23)24/h2-6,15H,7-12H2,1H3,(H,23,24). The quantitative estimate of drug-likeness (QED) is 0.837. The lowest BCUT2D eigenvalue weighted by Crippen LogP contribution is -2.47. The summed E-state index contributed by atoms with van der Waals surface area (Å²) < 4.78 is 5.85. The number of carbonyl (C=O) groups excluding carboxylic acids is 1. The fourth-order valence-electron chi connectivity index (χ4n) is 3.13. The maximum Gasteiger partial charge on any atom is 0.305 e.